The Labute approximate surface area is 110 Å². The Morgan fingerprint density at radius 3 is 2.05 bits per heavy atom. The SMILES string of the molecule is COc1ccc(C(=C(C#N)C#N)C(C)C(F)F)cc1. The van der Waals surface area contributed by atoms with Crippen molar-refractivity contribution in [2.75, 3.05) is 7.11 Å². The maximum Gasteiger partial charge on any atom is 0.245 e. The van der Waals surface area contributed by atoms with Gasteiger partial charge in [-0.25, -0.2) is 8.78 Å². The highest BCUT2D eigenvalue weighted by atomic mass is 19.3. The van der Waals surface area contributed by atoms with E-state index in [9.17, 15) is 8.78 Å². The van der Waals surface area contributed by atoms with Gasteiger partial charge in [0.05, 0.1) is 7.11 Å². The standard InChI is InChI=1S/C14H12F2N2O/c1-9(14(15)16)13(11(7-17)8-18)10-3-5-12(19-2)6-4-10/h3-6,9,14H,1-2H3. The van der Waals surface area contributed by atoms with Crippen LogP contribution < -0.4 is 4.74 Å². The van der Waals surface area contributed by atoms with Crippen molar-refractivity contribution in [3.63, 3.8) is 0 Å². The van der Waals surface area contributed by atoms with E-state index >= 15 is 0 Å². The summed E-state index contributed by atoms with van der Waals surface area (Å²) in [6, 6.07) is 9.65. The summed E-state index contributed by atoms with van der Waals surface area (Å²) in [5.41, 5.74) is 0.187. The van der Waals surface area contributed by atoms with Crippen LogP contribution >= 0.6 is 0 Å². The quantitative estimate of drug-likeness (QED) is 0.781. The summed E-state index contributed by atoms with van der Waals surface area (Å²) in [6.45, 7) is 1.29. The van der Waals surface area contributed by atoms with E-state index in [2.05, 4.69) is 0 Å². The number of alkyl halides is 2. The van der Waals surface area contributed by atoms with Crippen molar-refractivity contribution in [3.8, 4) is 17.9 Å². The first-order valence-corrected chi connectivity index (χ1v) is 5.52. The summed E-state index contributed by atoms with van der Waals surface area (Å²) >= 11 is 0. The molecule has 0 amide bonds. The molecule has 0 aliphatic heterocycles. The highest BCUT2D eigenvalue weighted by Gasteiger charge is 2.24. The average Bonchev–Trinajstić information content (AvgIpc) is 2.44. The summed E-state index contributed by atoms with van der Waals surface area (Å²) in [7, 11) is 1.49. The van der Waals surface area contributed by atoms with Crippen LogP contribution in [0.4, 0.5) is 8.78 Å². The third kappa shape index (κ3) is 3.29. The molecule has 0 heterocycles. The second-order valence-corrected chi connectivity index (χ2v) is 3.86. The van der Waals surface area contributed by atoms with E-state index in [0.717, 1.165) is 0 Å². The fourth-order valence-corrected chi connectivity index (χ4v) is 1.68. The molecule has 0 fully saturated rings. The number of hydrogen-bond acceptors (Lipinski definition) is 3. The van der Waals surface area contributed by atoms with Crippen LogP contribution in [0.3, 0.4) is 0 Å². The molecule has 1 aromatic rings. The molecule has 0 saturated heterocycles. The van der Waals surface area contributed by atoms with E-state index in [-0.39, 0.29) is 11.1 Å². The van der Waals surface area contributed by atoms with Gasteiger partial charge in [0.1, 0.15) is 23.5 Å². The van der Waals surface area contributed by atoms with Gasteiger partial charge in [-0.1, -0.05) is 19.1 Å². The molecule has 0 saturated carbocycles. The Balaban J connectivity index is 3.37. The fraction of sp³-hybridized carbons (Fsp3) is 0.286. The Morgan fingerprint density at radius 1 is 1.16 bits per heavy atom. The molecule has 1 unspecified atom stereocenters. The molecule has 0 bridgehead atoms. The van der Waals surface area contributed by atoms with Crippen molar-refractivity contribution in [1.82, 2.24) is 0 Å². The third-order valence-electron chi connectivity index (χ3n) is 2.73. The van der Waals surface area contributed by atoms with Crippen molar-refractivity contribution >= 4 is 5.57 Å². The number of hydrogen-bond donors (Lipinski definition) is 0. The fourth-order valence-electron chi connectivity index (χ4n) is 1.68. The molecule has 1 atom stereocenters. The lowest BCUT2D eigenvalue weighted by atomic mass is 9.90. The predicted molar refractivity (Wildman–Crippen MR) is 66.3 cm³/mol. The van der Waals surface area contributed by atoms with Crippen molar-refractivity contribution in [2.24, 2.45) is 5.92 Å². The number of methoxy groups -OCH3 is 1. The highest BCUT2D eigenvalue weighted by molar-refractivity contribution is 5.77. The van der Waals surface area contributed by atoms with Crippen LogP contribution in [0, 0.1) is 28.6 Å². The summed E-state index contributed by atoms with van der Waals surface area (Å²) in [4.78, 5) is 0. The van der Waals surface area contributed by atoms with Crippen molar-refractivity contribution in [3.05, 3.63) is 35.4 Å². The van der Waals surface area contributed by atoms with Gasteiger partial charge in [0.25, 0.3) is 0 Å². The molecule has 0 spiro atoms. The molecule has 98 valence electrons. The predicted octanol–water partition coefficient (Wildman–Crippen LogP) is 3.40. The topological polar surface area (TPSA) is 56.8 Å². The highest BCUT2D eigenvalue weighted by Crippen LogP contribution is 2.31. The molecule has 1 aromatic carbocycles. The molecule has 0 aromatic heterocycles. The molecular weight excluding hydrogens is 250 g/mol. The van der Waals surface area contributed by atoms with Crippen LogP contribution in [0.5, 0.6) is 5.75 Å². The molecule has 0 N–H and O–H groups in total. The lowest BCUT2D eigenvalue weighted by Gasteiger charge is -2.16. The Morgan fingerprint density at radius 2 is 1.68 bits per heavy atom. The van der Waals surface area contributed by atoms with E-state index in [4.69, 9.17) is 15.3 Å². The van der Waals surface area contributed by atoms with E-state index in [0.29, 0.717) is 11.3 Å². The van der Waals surface area contributed by atoms with E-state index in [1.807, 2.05) is 0 Å². The number of rotatable bonds is 4. The molecular formula is C14H12F2N2O. The van der Waals surface area contributed by atoms with Crippen molar-refractivity contribution in [1.29, 1.82) is 10.5 Å². The smallest absolute Gasteiger partial charge is 0.245 e. The summed E-state index contributed by atoms with van der Waals surface area (Å²) < 4.78 is 30.7. The van der Waals surface area contributed by atoms with Gasteiger partial charge in [-0.05, 0) is 23.3 Å². The first-order chi connectivity index (χ1) is 9.04. The van der Waals surface area contributed by atoms with Crippen LogP contribution in [-0.2, 0) is 0 Å². The zero-order valence-corrected chi connectivity index (χ0v) is 10.5. The number of allylic oxidation sites excluding steroid dienone is 2. The maximum atomic E-state index is 12.9. The molecule has 0 radical (unpaired) electrons. The minimum atomic E-state index is -2.64. The molecule has 0 aliphatic carbocycles. The Kier molecular flexibility index (Phi) is 5.02. The van der Waals surface area contributed by atoms with Gasteiger partial charge in [-0.15, -0.1) is 0 Å². The normalized spacial score (nSPS) is 11.3. The molecule has 19 heavy (non-hydrogen) atoms. The van der Waals surface area contributed by atoms with Gasteiger partial charge < -0.3 is 4.74 Å². The Hall–Kier alpha value is -2.40. The van der Waals surface area contributed by atoms with Crippen LogP contribution in [0.1, 0.15) is 12.5 Å². The maximum absolute atomic E-state index is 12.9. The minimum Gasteiger partial charge on any atom is -0.497 e. The van der Waals surface area contributed by atoms with Gasteiger partial charge in [-0.2, -0.15) is 10.5 Å². The second kappa shape index (κ2) is 6.51. The summed E-state index contributed by atoms with van der Waals surface area (Å²) in [5, 5.41) is 17.8. The van der Waals surface area contributed by atoms with Gasteiger partial charge >= 0.3 is 0 Å². The molecule has 0 aliphatic rings. The number of ether oxygens (including phenoxy) is 1. The number of nitrogens with zero attached hydrogens (tertiary/aromatic N) is 2. The van der Waals surface area contributed by atoms with Crippen LogP contribution in [0.25, 0.3) is 5.57 Å². The second-order valence-electron chi connectivity index (χ2n) is 3.86. The van der Waals surface area contributed by atoms with Gasteiger partial charge in [0, 0.05) is 5.92 Å². The molecule has 3 nitrogen and oxygen atoms in total. The van der Waals surface area contributed by atoms with Gasteiger partial charge in [0.15, 0.2) is 0 Å². The average molecular weight is 262 g/mol. The zero-order chi connectivity index (χ0) is 14.4. The van der Waals surface area contributed by atoms with E-state index < -0.39 is 12.3 Å². The first-order valence-electron chi connectivity index (χ1n) is 5.52. The number of nitriles is 2. The van der Waals surface area contributed by atoms with Gasteiger partial charge in [0.2, 0.25) is 6.43 Å². The van der Waals surface area contributed by atoms with Gasteiger partial charge in [-0.3, -0.25) is 0 Å². The van der Waals surface area contributed by atoms with Crippen LogP contribution in [-0.4, -0.2) is 13.5 Å². The summed E-state index contributed by atoms with van der Waals surface area (Å²) in [5.74, 6) is -0.619. The van der Waals surface area contributed by atoms with Crippen LogP contribution in [0.15, 0.2) is 29.8 Å². The molecule has 5 heteroatoms. The largest absolute Gasteiger partial charge is 0.497 e. The minimum absolute atomic E-state index is 0.0580. The lowest BCUT2D eigenvalue weighted by molar-refractivity contribution is 0.112. The Bertz CT molecular complexity index is 534. The van der Waals surface area contributed by atoms with Crippen molar-refractivity contribution in [2.45, 2.75) is 13.3 Å². The first kappa shape index (κ1) is 14.7. The summed E-state index contributed by atoms with van der Waals surface area (Å²) in [6.07, 6.45) is -2.64. The van der Waals surface area contributed by atoms with Crippen LogP contribution in [0.2, 0.25) is 0 Å². The molecule has 1 rings (SSSR count). The van der Waals surface area contributed by atoms with E-state index in [1.165, 1.54) is 14.0 Å². The number of halogens is 2. The lowest BCUT2D eigenvalue weighted by Crippen LogP contribution is -2.11. The van der Waals surface area contributed by atoms with Crippen molar-refractivity contribution < 1.29 is 13.5 Å². The monoisotopic (exact) mass is 262 g/mol. The third-order valence-corrected chi connectivity index (χ3v) is 2.73. The van der Waals surface area contributed by atoms with E-state index in [1.54, 1.807) is 36.4 Å². The number of benzene rings is 1. The zero-order valence-electron chi connectivity index (χ0n) is 10.5.